The van der Waals surface area contributed by atoms with E-state index in [9.17, 15) is 5.11 Å². The van der Waals surface area contributed by atoms with E-state index in [0.717, 1.165) is 16.5 Å². The minimum atomic E-state index is 0.0280. The van der Waals surface area contributed by atoms with E-state index in [1.54, 1.807) is 0 Å². The number of aliphatic hydroxyl groups excluding tert-OH is 1. The van der Waals surface area contributed by atoms with Gasteiger partial charge < -0.3 is 15.5 Å². The molecule has 3 nitrogen and oxygen atoms in total. The lowest BCUT2D eigenvalue weighted by molar-refractivity contribution is 0.283. The lowest BCUT2D eigenvalue weighted by atomic mass is 9.72. The van der Waals surface area contributed by atoms with Gasteiger partial charge in [-0.25, -0.2) is 0 Å². The second kappa shape index (κ2) is 7.12. The van der Waals surface area contributed by atoms with Crippen molar-refractivity contribution in [2.24, 2.45) is 5.41 Å². The fourth-order valence-corrected chi connectivity index (χ4v) is 3.41. The molecule has 0 unspecified atom stereocenters. The summed E-state index contributed by atoms with van der Waals surface area (Å²) < 4.78 is 0.725. The van der Waals surface area contributed by atoms with Gasteiger partial charge in [0.1, 0.15) is 5.75 Å². The summed E-state index contributed by atoms with van der Waals surface area (Å²) in [7, 11) is 0. The van der Waals surface area contributed by atoms with Crippen molar-refractivity contribution >= 4 is 15.9 Å². The Bertz CT molecular complexity index is 478. The van der Waals surface area contributed by atoms with Gasteiger partial charge >= 0.3 is 0 Å². The first kappa shape index (κ1) is 18.5. The quantitative estimate of drug-likeness (QED) is 0.675. The molecule has 0 fully saturated rings. The van der Waals surface area contributed by atoms with E-state index in [0.29, 0.717) is 13.1 Å². The Morgan fingerprint density at radius 3 is 2.29 bits per heavy atom. The van der Waals surface area contributed by atoms with E-state index >= 15 is 0 Å². The zero-order valence-corrected chi connectivity index (χ0v) is 15.3. The molecule has 1 aromatic rings. The topological polar surface area (TPSA) is 52.5 Å². The Kier molecular flexibility index (Phi) is 6.26. The lowest BCUT2D eigenvalue weighted by Crippen LogP contribution is -2.25. The van der Waals surface area contributed by atoms with Crippen LogP contribution >= 0.6 is 15.9 Å². The summed E-state index contributed by atoms with van der Waals surface area (Å²) in [6.45, 7) is 12.4. The second-order valence-electron chi connectivity index (χ2n) is 7.49. The fourth-order valence-electron chi connectivity index (χ4n) is 2.91. The molecule has 21 heavy (non-hydrogen) atoms. The zero-order chi connectivity index (χ0) is 16.3. The molecule has 0 aliphatic heterocycles. The molecule has 0 atom stereocenters. The number of halogens is 1. The maximum Gasteiger partial charge on any atom is 0.134 e. The number of nitrogens with one attached hydrogen (secondary N) is 1. The Balaban J connectivity index is 3.08. The first-order valence-electron chi connectivity index (χ1n) is 7.40. The average molecular weight is 358 g/mol. The van der Waals surface area contributed by atoms with Crippen LogP contribution in [0.15, 0.2) is 16.6 Å². The van der Waals surface area contributed by atoms with Gasteiger partial charge in [0, 0.05) is 18.7 Å². The first-order chi connectivity index (χ1) is 9.57. The number of benzene rings is 1. The van der Waals surface area contributed by atoms with Gasteiger partial charge in [-0.1, -0.05) is 40.7 Å². The smallest absolute Gasteiger partial charge is 0.134 e. The van der Waals surface area contributed by atoms with Crippen molar-refractivity contribution in [3.8, 4) is 5.75 Å². The van der Waals surface area contributed by atoms with Crippen LogP contribution in [0.5, 0.6) is 5.75 Å². The number of phenols is 1. The van der Waals surface area contributed by atoms with Crippen LogP contribution in [0.1, 0.15) is 52.2 Å². The maximum absolute atomic E-state index is 10.2. The van der Waals surface area contributed by atoms with Crippen LogP contribution in [0.4, 0.5) is 0 Å². The third kappa shape index (κ3) is 5.61. The summed E-state index contributed by atoms with van der Waals surface area (Å²) in [5.74, 6) is 0.274. The standard InChI is InChI=1S/C17H28BrNO2/c1-16(2,3)11-17(4,5)13-8-12(10-19-6-7-20)15(21)14(18)9-13/h8-9,19-21H,6-7,10-11H2,1-5H3. The fraction of sp³-hybridized carbons (Fsp3) is 0.647. The molecule has 0 radical (unpaired) electrons. The normalized spacial score (nSPS) is 12.7. The molecule has 0 saturated heterocycles. The van der Waals surface area contributed by atoms with E-state index in [2.05, 4.69) is 61.9 Å². The van der Waals surface area contributed by atoms with Crippen LogP contribution in [-0.2, 0) is 12.0 Å². The molecule has 0 bridgehead atoms. The van der Waals surface area contributed by atoms with Gasteiger partial charge in [-0.05, 0) is 44.8 Å². The Hall–Kier alpha value is -0.580. The van der Waals surface area contributed by atoms with E-state index < -0.39 is 0 Å². The predicted molar refractivity (Wildman–Crippen MR) is 91.7 cm³/mol. The molecule has 0 saturated carbocycles. The van der Waals surface area contributed by atoms with Crippen molar-refractivity contribution in [1.82, 2.24) is 5.32 Å². The third-order valence-corrected chi connectivity index (χ3v) is 4.10. The Labute approximate surface area is 136 Å². The highest BCUT2D eigenvalue weighted by molar-refractivity contribution is 9.10. The molecular weight excluding hydrogens is 330 g/mol. The summed E-state index contributed by atoms with van der Waals surface area (Å²) >= 11 is 3.45. The van der Waals surface area contributed by atoms with Crippen molar-refractivity contribution in [2.75, 3.05) is 13.2 Å². The molecule has 0 aliphatic carbocycles. The van der Waals surface area contributed by atoms with Crippen molar-refractivity contribution in [1.29, 1.82) is 0 Å². The van der Waals surface area contributed by atoms with Crippen LogP contribution in [0.2, 0.25) is 0 Å². The molecular formula is C17H28BrNO2. The van der Waals surface area contributed by atoms with Gasteiger partial charge in [0.2, 0.25) is 0 Å². The Morgan fingerprint density at radius 2 is 1.76 bits per heavy atom. The minimum Gasteiger partial charge on any atom is -0.506 e. The third-order valence-electron chi connectivity index (χ3n) is 3.50. The van der Waals surface area contributed by atoms with Gasteiger partial charge in [-0.2, -0.15) is 0 Å². The minimum absolute atomic E-state index is 0.0280. The van der Waals surface area contributed by atoms with Crippen LogP contribution in [0.3, 0.4) is 0 Å². The molecule has 1 rings (SSSR count). The number of hydrogen-bond acceptors (Lipinski definition) is 3. The van der Waals surface area contributed by atoms with E-state index in [1.807, 2.05) is 6.07 Å². The lowest BCUT2D eigenvalue weighted by Gasteiger charge is -2.33. The van der Waals surface area contributed by atoms with E-state index in [1.165, 1.54) is 5.56 Å². The molecule has 0 aromatic heterocycles. The SMILES string of the molecule is CC(C)(C)CC(C)(C)c1cc(Br)c(O)c(CNCCO)c1. The summed E-state index contributed by atoms with van der Waals surface area (Å²) in [5, 5.41) is 22.1. The molecule has 120 valence electrons. The van der Waals surface area contributed by atoms with Crippen LogP contribution in [0.25, 0.3) is 0 Å². The molecule has 0 amide bonds. The van der Waals surface area contributed by atoms with Crippen molar-refractivity contribution < 1.29 is 10.2 Å². The highest BCUT2D eigenvalue weighted by atomic mass is 79.9. The van der Waals surface area contributed by atoms with E-state index in [4.69, 9.17) is 5.11 Å². The van der Waals surface area contributed by atoms with Crippen LogP contribution in [-0.4, -0.2) is 23.4 Å². The average Bonchev–Trinajstić information content (AvgIpc) is 2.31. The number of aromatic hydroxyl groups is 1. The molecule has 0 aliphatic rings. The number of aliphatic hydroxyl groups is 1. The molecule has 4 heteroatoms. The van der Waals surface area contributed by atoms with Crippen molar-refractivity contribution in [3.63, 3.8) is 0 Å². The van der Waals surface area contributed by atoms with Gasteiger partial charge in [0.05, 0.1) is 11.1 Å². The molecule has 0 heterocycles. The maximum atomic E-state index is 10.2. The monoisotopic (exact) mass is 357 g/mol. The second-order valence-corrected chi connectivity index (χ2v) is 8.34. The predicted octanol–water partition coefficient (Wildman–Crippen LogP) is 3.95. The number of rotatable bonds is 6. The van der Waals surface area contributed by atoms with Gasteiger partial charge in [0.25, 0.3) is 0 Å². The first-order valence-corrected chi connectivity index (χ1v) is 8.19. The number of hydrogen-bond donors (Lipinski definition) is 3. The highest BCUT2D eigenvalue weighted by Gasteiger charge is 2.28. The van der Waals surface area contributed by atoms with Crippen molar-refractivity contribution in [2.45, 2.75) is 53.0 Å². The highest BCUT2D eigenvalue weighted by Crippen LogP contribution is 2.40. The number of phenolic OH excluding ortho intramolecular Hbond substituents is 1. The van der Waals surface area contributed by atoms with Gasteiger partial charge in [-0.15, -0.1) is 0 Å². The molecule has 3 N–H and O–H groups in total. The molecule has 1 aromatic carbocycles. The molecule has 0 spiro atoms. The summed E-state index contributed by atoms with van der Waals surface area (Å²) in [6.07, 6.45) is 1.06. The van der Waals surface area contributed by atoms with Crippen molar-refractivity contribution in [3.05, 3.63) is 27.7 Å². The Morgan fingerprint density at radius 1 is 1.14 bits per heavy atom. The largest absolute Gasteiger partial charge is 0.506 e. The summed E-state index contributed by atoms with van der Waals surface area (Å²) in [4.78, 5) is 0. The van der Waals surface area contributed by atoms with Gasteiger partial charge in [-0.3, -0.25) is 0 Å². The van der Waals surface area contributed by atoms with E-state index in [-0.39, 0.29) is 23.2 Å². The van der Waals surface area contributed by atoms with Crippen LogP contribution in [0, 0.1) is 5.41 Å². The van der Waals surface area contributed by atoms with Gasteiger partial charge in [0.15, 0.2) is 0 Å². The summed E-state index contributed by atoms with van der Waals surface area (Å²) in [6, 6.07) is 4.08. The summed E-state index contributed by atoms with van der Waals surface area (Å²) in [5.41, 5.74) is 2.33. The zero-order valence-electron chi connectivity index (χ0n) is 13.8. The van der Waals surface area contributed by atoms with Crippen LogP contribution < -0.4 is 5.32 Å².